The second-order valence-corrected chi connectivity index (χ2v) is 12.3. The molecule has 2 aromatic heterocycles. The number of carboxylic acids is 1. The smallest absolute Gasteiger partial charge is 0.451 e. The highest BCUT2D eigenvalue weighted by molar-refractivity contribution is 7.59. The van der Waals surface area contributed by atoms with Crippen molar-refractivity contribution < 1.29 is 32.7 Å². The Bertz CT molecular complexity index is 1570. The summed E-state index contributed by atoms with van der Waals surface area (Å²) in [7, 11) is 0. The van der Waals surface area contributed by atoms with E-state index in [0.29, 0.717) is 71.2 Å². The van der Waals surface area contributed by atoms with Gasteiger partial charge in [0, 0.05) is 57.7 Å². The lowest BCUT2D eigenvalue weighted by Crippen LogP contribution is -2.44. The van der Waals surface area contributed by atoms with Gasteiger partial charge >= 0.3 is 18.2 Å². The van der Waals surface area contributed by atoms with Gasteiger partial charge in [0.1, 0.15) is 17.7 Å². The quantitative estimate of drug-likeness (QED) is 0.202. The number of nitrogens with zero attached hydrogens (tertiary/aromatic N) is 5. The molecule has 4 N–H and O–H groups in total. The topological polar surface area (TPSA) is 153 Å². The Labute approximate surface area is 295 Å². The van der Waals surface area contributed by atoms with E-state index in [0.717, 1.165) is 16.7 Å². The zero-order valence-electron chi connectivity index (χ0n) is 27.6. The Kier molecular flexibility index (Phi) is 13.7. The van der Waals surface area contributed by atoms with Gasteiger partial charge in [0.15, 0.2) is 0 Å². The zero-order valence-corrected chi connectivity index (χ0v) is 28.6. The third-order valence-electron chi connectivity index (χ3n) is 8.87. The number of nitrogens with one attached hydrogen (secondary N) is 3. The summed E-state index contributed by atoms with van der Waals surface area (Å²) in [6.45, 7) is 2.19. The Morgan fingerprint density at radius 2 is 1.60 bits per heavy atom. The molecule has 0 bridgehead atoms. The second-order valence-electron chi connectivity index (χ2n) is 12.3. The number of hydrogen-bond donors (Lipinski definition) is 4. The average Bonchev–Trinajstić information content (AvgIpc) is 3.59. The van der Waals surface area contributed by atoms with Crippen LogP contribution in [0.5, 0.6) is 0 Å². The molecule has 0 unspecified atom stereocenters. The number of carbonyl (C=O) groups is 3. The Morgan fingerprint density at radius 1 is 0.880 bits per heavy atom. The van der Waals surface area contributed by atoms with Gasteiger partial charge in [-0.3, -0.25) is 14.6 Å². The van der Waals surface area contributed by atoms with E-state index in [2.05, 4.69) is 30.9 Å². The number of carbonyl (C=O) groups excluding carboxylic acids is 2. The predicted octanol–water partition coefficient (Wildman–Crippen LogP) is 4.38. The molecule has 50 heavy (non-hydrogen) atoms. The van der Waals surface area contributed by atoms with E-state index >= 15 is 0 Å². The van der Waals surface area contributed by atoms with Gasteiger partial charge in [0.2, 0.25) is 11.7 Å². The van der Waals surface area contributed by atoms with Crippen LogP contribution in [0.1, 0.15) is 49.9 Å². The van der Waals surface area contributed by atoms with Gasteiger partial charge in [-0.15, -0.1) is 0 Å². The van der Waals surface area contributed by atoms with Crippen molar-refractivity contribution in [2.45, 2.75) is 57.2 Å². The van der Waals surface area contributed by atoms with Gasteiger partial charge in [0.05, 0.1) is 6.42 Å². The van der Waals surface area contributed by atoms with Crippen LogP contribution in [0.2, 0.25) is 0 Å². The third kappa shape index (κ3) is 10.7. The standard InChI is InChI=1S/C34H41F3N8O4.H2S/c35-34(36,37)32-42-28(44-19-12-24(13-20-44)10-16-40-33(49)41-17-11-30(46)47)21-29(43-32)45-18-2-4-27(45)31(48)39-15-9-23-5-7-25(8-6-23)26-3-1-14-38-22-26;/h1,3,5-8,14,21-22,24,27H,2,4,9-13,15-20H2,(H,39,48)(H,46,47)(H2,40,41,49);1H2/t27-;/m0./s1. The van der Waals surface area contributed by atoms with Crippen molar-refractivity contribution in [2.75, 3.05) is 49.1 Å². The van der Waals surface area contributed by atoms with Crippen molar-refractivity contribution >= 4 is 43.0 Å². The largest absolute Gasteiger partial charge is 0.481 e. The lowest BCUT2D eigenvalue weighted by Gasteiger charge is -2.34. The van der Waals surface area contributed by atoms with E-state index in [1.165, 1.54) is 0 Å². The van der Waals surface area contributed by atoms with E-state index in [1.807, 2.05) is 41.3 Å². The van der Waals surface area contributed by atoms with E-state index < -0.39 is 30.0 Å². The molecule has 12 nitrogen and oxygen atoms in total. The normalized spacial score (nSPS) is 16.4. The fourth-order valence-corrected chi connectivity index (χ4v) is 6.20. The molecule has 5 rings (SSSR count). The molecule has 2 aliphatic rings. The van der Waals surface area contributed by atoms with Gasteiger partial charge in [-0.05, 0) is 67.2 Å². The molecular weight excluding hydrogens is 673 g/mol. The maximum absolute atomic E-state index is 14.0. The molecule has 3 amide bonds. The summed E-state index contributed by atoms with van der Waals surface area (Å²) in [6, 6.07) is 12.4. The lowest BCUT2D eigenvalue weighted by molar-refractivity contribution is -0.144. The van der Waals surface area contributed by atoms with Crippen LogP contribution in [-0.2, 0) is 22.2 Å². The molecule has 2 aliphatic heterocycles. The van der Waals surface area contributed by atoms with Gasteiger partial charge in [0.25, 0.3) is 0 Å². The number of piperidine rings is 1. The van der Waals surface area contributed by atoms with Crippen LogP contribution >= 0.6 is 13.5 Å². The summed E-state index contributed by atoms with van der Waals surface area (Å²) >= 11 is 0. The molecule has 4 heterocycles. The van der Waals surface area contributed by atoms with Gasteiger partial charge < -0.3 is 30.9 Å². The van der Waals surface area contributed by atoms with Crippen molar-refractivity contribution in [1.29, 1.82) is 0 Å². The summed E-state index contributed by atoms with van der Waals surface area (Å²) in [5.74, 6) is -1.97. The van der Waals surface area contributed by atoms with Crippen molar-refractivity contribution in [3.05, 3.63) is 66.2 Å². The van der Waals surface area contributed by atoms with Gasteiger partial charge in [-0.1, -0.05) is 30.3 Å². The first-order valence-electron chi connectivity index (χ1n) is 16.6. The SMILES string of the molecule is O=C(O)CCNC(=O)NCCC1CCN(c2cc(N3CCC[C@H]3C(=O)NCCc3ccc(-c4cccnc4)cc3)nc(C(F)(F)F)n2)CC1.S. The van der Waals surface area contributed by atoms with Crippen molar-refractivity contribution in [1.82, 2.24) is 30.9 Å². The number of carboxylic acid groups (broad SMARTS) is 1. The van der Waals surface area contributed by atoms with E-state index in [1.54, 1.807) is 23.4 Å². The summed E-state index contributed by atoms with van der Waals surface area (Å²) in [5.41, 5.74) is 3.10. The Balaban J connectivity index is 0.00000562. The highest BCUT2D eigenvalue weighted by Gasteiger charge is 2.39. The highest BCUT2D eigenvalue weighted by atomic mass is 32.1. The summed E-state index contributed by atoms with van der Waals surface area (Å²) in [5, 5.41) is 16.8. The Hall–Kier alpha value is -4.60. The highest BCUT2D eigenvalue weighted by Crippen LogP contribution is 2.34. The molecule has 0 saturated carbocycles. The van der Waals surface area contributed by atoms with Gasteiger partial charge in [-0.2, -0.15) is 26.7 Å². The number of aromatic nitrogens is 3. The fourth-order valence-electron chi connectivity index (χ4n) is 6.20. The minimum Gasteiger partial charge on any atom is -0.481 e. The van der Waals surface area contributed by atoms with Crippen molar-refractivity contribution in [2.24, 2.45) is 5.92 Å². The van der Waals surface area contributed by atoms with E-state index in [-0.39, 0.29) is 49.9 Å². The fraction of sp³-hybridized carbons (Fsp3) is 0.471. The number of anilines is 2. The number of rotatable bonds is 13. The third-order valence-corrected chi connectivity index (χ3v) is 8.87. The first-order chi connectivity index (χ1) is 23.6. The lowest BCUT2D eigenvalue weighted by atomic mass is 9.93. The van der Waals surface area contributed by atoms with Crippen LogP contribution in [-0.4, -0.2) is 83.3 Å². The number of amides is 3. The number of hydrogen-bond acceptors (Lipinski definition) is 8. The number of urea groups is 1. The number of pyridine rings is 1. The minimum atomic E-state index is -4.76. The molecule has 270 valence electrons. The second kappa shape index (κ2) is 17.9. The first kappa shape index (κ1) is 38.2. The number of aliphatic carboxylic acids is 1. The van der Waals surface area contributed by atoms with Crippen LogP contribution in [0.25, 0.3) is 11.1 Å². The molecule has 2 fully saturated rings. The van der Waals surface area contributed by atoms with Crippen LogP contribution in [0.4, 0.5) is 29.6 Å². The molecule has 1 aromatic carbocycles. The molecule has 3 aromatic rings. The molecule has 0 radical (unpaired) electrons. The Morgan fingerprint density at radius 3 is 2.28 bits per heavy atom. The maximum atomic E-state index is 14.0. The van der Waals surface area contributed by atoms with Gasteiger partial charge in [-0.25, -0.2) is 14.8 Å². The predicted molar refractivity (Wildman–Crippen MR) is 187 cm³/mol. The van der Waals surface area contributed by atoms with Crippen molar-refractivity contribution in [3.8, 4) is 11.1 Å². The van der Waals surface area contributed by atoms with Crippen LogP contribution in [0.15, 0.2) is 54.9 Å². The molecule has 16 heteroatoms. The number of alkyl halides is 3. The molecule has 1 atom stereocenters. The minimum absolute atomic E-state index is 0. The van der Waals surface area contributed by atoms with Crippen LogP contribution in [0, 0.1) is 5.92 Å². The van der Waals surface area contributed by atoms with Crippen LogP contribution < -0.4 is 25.8 Å². The number of halogens is 3. The molecule has 0 aliphatic carbocycles. The maximum Gasteiger partial charge on any atom is 0.451 e. The molecule has 2 saturated heterocycles. The van der Waals surface area contributed by atoms with E-state index in [4.69, 9.17) is 5.11 Å². The monoisotopic (exact) mass is 716 g/mol. The molecular formula is C34H43F3N8O4S. The summed E-state index contributed by atoms with van der Waals surface area (Å²) in [4.78, 5) is 51.1. The summed E-state index contributed by atoms with van der Waals surface area (Å²) < 4.78 is 41.9. The summed E-state index contributed by atoms with van der Waals surface area (Å²) in [6.07, 6.45) is 2.43. The first-order valence-corrected chi connectivity index (χ1v) is 16.6. The average molecular weight is 717 g/mol. The molecule has 0 spiro atoms. The van der Waals surface area contributed by atoms with Crippen molar-refractivity contribution in [3.63, 3.8) is 0 Å². The van der Waals surface area contributed by atoms with Crippen LogP contribution in [0.3, 0.4) is 0 Å². The number of benzene rings is 1. The zero-order chi connectivity index (χ0) is 34.8. The van der Waals surface area contributed by atoms with E-state index in [9.17, 15) is 27.6 Å².